The third-order valence-electron chi connectivity index (χ3n) is 5.58. The van der Waals surface area contributed by atoms with Gasteiger partial charge in [0, 0.05) is 35.1 Å². The second-order valence-electron chi connectivity index (χ2n) is 7.68. The van der Waals surface area contributed by atoms with Gasteiger partial charge in [0.1, 0.15) is 11.3 Å². The van der Waals surface area contributed by atoms with Crippen molar-refractivity contribution < 1.29 is 8.83 Å². The van der Waals surface area contributed by atoms with Gasteiger partial charge in [0.15, 0.2) is 5.58 Å². The zero-order valence-electron chi connectivity index (χ0n) is 16.5. The fraction of sp³-hybridized carbons (Fsp3) is 0.304. The van der Waals surface area contributed by atoms with Crippen molar-refractivity contribution in [2.45, 2.75) is 33.2 Å². The Balaban J connectivity index is 0.00000205. The van der Waals surface area contributed by atoms with Gasteiger partial charge in [0.25, 0.3) is 0 Å². The molecule has 0 N–H and O–H groups in total. The summed E-state index contributed by atoms with van der Waals surface area (Å²) in [5, 5.41) is 1.94. The van der Waals surface area contributed by atoms with E-state index in [0.717, 1.165) is 52.8 Å². The number of hydrogen-bond donors (Lipinski definition) is 0. The standard InChI is InChI=1S/C23H22N2O3.ClH/c1-14-5-6-17-19(11-22(26)27-20(17)9-14)21-10-18-16(13-25-7-3-4-8-25)12-24-15(2)23(18)28-21;/h5-6,9-12H,3-4,7-8,13H2,1-2H3;1H. The maximum absolute atomic E-state index is 12.1. The molecule has 1 aliphatic heterocycles. The lowest BCUT2D eigenvalue weighted by molar-refractivity contribution is 0.332. The van der Waals surface area contributed by atoms with E-state index in [9.17, 15) is 4.79 Å². The smallest absolute Gasteiger partial charge is 0.336 e. The Morgan fingerprint density at radius 3 is 2.62 bits per heavy atom. The van der Waals surface area contributed by atoms with E-state index >= 15 is 0 Å². The molecule has 0 spiro atoms. The maximum Gasteiger partial charge on any atom is 0.336 e. The first-order valence-electron chi connectivity index (χ1n) is 9.74. The first kappa shape index (κ1) is 19.7. The summed E-state index contributed by atoms with van der Waals surface area (Å²) in [4.78, 5) is 19.1. The molecule has 0 saturated carbocycles. The molecule has 0 bridgehead atoms. The first-order valence-corrected chi connectivity index (χ1v) is 9.74. The van der Waals surface area contributed by atoms with Crippen LogP contribution >= 0.6 is 12.4 Å². The number of rotatable bonds is 3. The molecule has 1 saturated heterocycles. The second-order valence-corrected chi connectivity index (χ2v) is 7.68. The molecule has 29 heavy (non-hydrogen) atoms. The molecule has 4 heterocycles. The molecule has 1 aliphatic rings. The van der Waals surface area contributed by atoms with Crippen LogP contribution in [0.25, 0.3) is 33.3 Å². The van der Waals surface area contributed by atoms with Crippen molar-refractivity contribution in [3.8, 4) is 11.3 Å². The molecule has 6 heteroatoms. The minimum Gasteiger partial charge on any atom is -0.454 e. The zero-order chi connectivity index (χ0) is 19.3. The van der Waals surface area contributed by atoms with Gasteiger partial charge in [-0.15, -0.1) is 12.4 Å². The number of halogens is 1. The summed E-state index contributed by atoms with van der Waals surface area (Å²) in [5.74, 6) is 0.676. The summed E-state index contributed by atoms with van der Waals surface area (Å²) in [7, 11) is 0. The van der Waals surface area contributed by atoms with Crippen LogP contribution in [0.4, 0.5) is 0 Å². The van der Waals surface area contributed by atoms with Crippen molar-refractivity contribution in [2.75, 3.05) is 13.1 Å². The quantitative estimate of drug-likeness (QED) is 0.432. The number of aromatic nitrogens is 1. The molecular weight excluding hydrogens is 388 g/mol. The monoisotopic (exact) mass is 410 g/mol. The minimum absolute atomic E-state index is 0. The Labute approximate surface area is 174 Å². The summed E-state index contributed by atoms with van der Waals surface area (Å²) in [6, 6.07) is 9.43. The Kier molecular flexibility index (Phi) is 5.19. The molecule has 150 valence electrons. The summed E-state index contributed by atoms with van der Waals surface area (Å²) < 4.78 is 11.6. The highest BCUT2D eigenvalue weighted by molar-refractivity contribution is 5.95. The topological polar surface area (TPSA) is 59.5 Å². The third kappa shape index (κ3) is 3.56. The predicted octanol–water partition coefficient (Wildman–Crippen LogP) is 5.24. The van der Waals surface area contributed by atoms with E-state index in [-0.39, 0.29) is 18.0 Å². The fourth-order valence-electron chi connectivity index (χ4n) is 4.12. The molecule has 1 fully saturated rings. The summed E-state index contributed by atoms with van der Waals surface area (Å²) in [6.07, 6.45) is 4.46. The zero-order valence-corrected chi connectivity index (χ0v) is 17.3. The maximum atomic E-state index is 12.1. The number of benzene rings is 1. The average molecular weight is 411 g/mol. The SMILES string of the molecule is Cc1ccc2c(-c3cc4c(CN5CCCC5)cnc(C)c4o3)cc(=O)oc2c1.Cl. The van der Waals surface area contributed by atoms with Crippen LogP contribution in [-0.4, -0.2) is 23.0 Å². The van der Waals surface area contributed by atoms with Gasteiger partial charge >= 0.3 is 5.63 Å². The average Bonchev–Trinajstić information content (AvgIpc) is 3.33. The van der Waals surface area contributed by atoms with E-state index in [0.29, 0.717) is 11.3 Å². The number of likely N-dealkylation sites (tertiary alicyclic amines) is 1. The molecule has 0 radical (unpaired) electrons. The molecule has 4 aromatic rings. The van der Waals surface area contributed by atoms with Gasteiger partial charge in [0.2, 0.25) is 0 Å². The molecule has 0 aliphatic carbocycles. The molecule has 3 aromatic heterocycles. The van der Waals surface area contributed by atoms with Crippen LogP contribution < -0.4 is 5.63 Å². The van der Waals surface area contributed by atoms with Crippen LogP contribution in [-0.2, 0) is 6.54 Å². The van der Waals surface area contributed by atoms with Crippen LogP contribution in [0, 0.1) is 13.8 Å². The van der Waals surface area contributed by atoms with E-state index < -0.39 is 0 Å². The Bertz CT molecular complexity index is 1250. The van der Waals surface area contributed by atoms with Crippen LogP contribution in [0.15, 0.2) is 50.2 Å². The molecule has 0 amide bonds. The van der Waals surface area contributed by atoms with E-state index in [4.69, 9.17) is 8.83 Å². The Hall–Kier alpha value is -2.63. The molecular formula is C23H23ClN2O3. The van der Waals surface area contributed by atoms with Crippen LogP contribution in [0.3, 0.4) is 0 Å². The Morgan fingerprint density at radius 1 is 1.03 bits per heavy atom. The lowest BCUT2D eigenvalue weighted by Crippen LogP contribution is -2.18. The van der Waals surface area contributed by atoms with Crippen LogP contribution in [0.1, 0.15) is 29.7 Å². The lowest BCUT2D eigenvalue weighted by Gasteiger charge is -2.14. The minimum atomic E-state index is -0.374. The van der Waals surface area contributed by atoms with E-state index in [1.165, 1.54) is 24.5 Å². The van der Waals surface area contributed by atoms with Gasteiger partial charge in [-0.05, 0) is 63.0 Å². The molecule has 1 aromatic carbocycles. The highest BCUT2D eigenvalue weighted by Gasteiger charge is 2.19. The van der Waals surface area contributed by atoms with Crippen LogP contribution in [0.5, 0.6) is 0 Å². The largest absolute Gasteiger partial charge is 0.454 e. The van der Waals surface area contributed by atoms with Gasteiger partial charge in [-0.3, -0.25) is 9.88 Å². The van der Waals surface area contributed by atoms with E-state index in [1.807, 2.05) is 44.3 Å². The predicted molar refractivity (Wildman–Crippen MR) is 117 cm³/mol. The lowest BCUT2D eigenvalue weighted by atomic mass is 10.1. The van der Waals surface area contributed by atoms with Crippen molar-refractivity contribution in [1.82, 2.24) is 9.88 Å². The van der Waals surface area contributed by atoms with Crippen molar-refractivity contribution in [3.05, 3.63) is 63.8 Å². The van der Waals surface area contributed by atoms with Gasteiger partial charge in [0.05, 0.1) is 5.69 Å². The first-order chi connectivity index (χ1) is 13.6. The number of fused-ring (bicyclic) bond motifs is 2. The number of aryl methyl sites for hydroxylation is 2. The summed E-state index contributed by atoms with van der Waals surface area (Å²) in [5.41, 5.74) is 4.82. The van der Waals surface area contributed by atoms with Gasteiger partial charge in [-0.2, -0.15) is 0 Å². The molecule has 0 unspecified atom stereocenters. The molecule has 5 rings (SSSR count). The van der Waals surface area contributed by atoms with Gasteiger partial charge in [-0.1, -0.05) is 12.1 Å². The van der Waals surface area contributed by atoms with Gasteiger partial charge < -0.3 is 8.83 Å². The van der Waals surface area contributed by atoms with Crippen molar-refractivity contribution >= 4 is 34.3 Å². The second kappa shape index (κ2) is 7.65. The normalized spacial score (nSPS) is 14.6. The number of hydrogen-bond acceptors (Lipinski definition) is 5. The van der Waals surface area contributed by atoms with Gasteiger partial charge in [-0.25, -0.2) is 4.79 Å². The number of nitrogens with zero attached hydrogens (tertiary/aromatic N) is 2. The number of furan rings is 1. The van der Waals surface area contributed by atoms with Crippen molar-refractivity contribution in [3.63, 3.8) is 0 Å². The van der Waals surface area contributed by atoms with Crippen molar-refractivity contribution in [2.24, 2.45) is 0 Å². The van der Waals surface area contributed by atoms with E-state index in [2.05, 4.69) is 9.88 Å². The summed E-state index contributed by atoms with van der Waals surface area (Å²) in [6.45, 7) is 7.07. The van der Waals surface area contributed by atoms with Crippen LogP contribution in [0.2, 0.25) is 0 Å². The number of pyridine rings is 1. The van der Waals surface area contributed by atoms with E-state index in [1.54, 1.807) is 0 Å². The summed E-state index contributed by atoms with van der Waals surface area (Å²) >= 11 is 0. The highest BCUT2D eigenvalue weighted by atomic mass is 35.5. The molecule has 5 nitrogen and oxygen atoms in total. The Morgan fingerprint density at radius 2 is 1.83 bits per heavy atom. The third-order valence-corrected chi connectivity index (χ3v) is 5.58. The fourth-order valence-corrected chi connectivity index (χ4v) is 4.12. The molecule has 0 atom stereocenters. The van der Waals surface area contributed by atoms with Crippen molar-refractivity contribution in [1.29, 1.82) is 0 Å². The highest BCUT2D eigenvalue weighted by Crippen LogP contribution is 2.35.